The van der Waals surface area contributed by atoms with Crippen LogP contribution >= 0.6 is 0 Å². The third kappa shape index (κ3) is 1.95. The molecule has 0 saturated carbocycles. The highest BCUT2D eigenvalue weighted by Crippen LogP contribution is 2.39. The van der Waals surface area contributed by atoms with Crippen LogP contribution in [0.4, 0.5) is 0 Å². The van der Waals surface area contributed by atoms with E-state index in [2.05, 4.69) is 45.9 Å². The van der Waals surface area contributed by atoms with Gasteiger partial charge in [-0.15, -0.1) is 0 Å². The third-order valence-corrected chi connectivity index (χ3v) is 3.76. The molecule has 0 heteroatoms. The molecule has 1 aromatic rings. The third-order valence-electron chi connectivity index (χ3n) is 3.76. The molecule has 1 aliphatic rings. The first-order valence-electron chi connectivity index (χ1n) is 6.22. The van der Waals surface area contributed by atoms with Gasteiger partial charge in [-0.05, 0) is 47.3 Å². The Labute approximate surface area is 93.7 Å². The number of rotatable bonds is 2. The first-order valence-corrected chi connectivity index (χ1v) is 6.22. The molecule has 0 radical (unpaired) electrons. The summed E-state index contributed by atoms with van der Waals surface area (Å²) in [6.45, 7) is 9.24. The van der Waals surface area contributed by atoms with Crippen LogP contribution < -0.4 is 0 Å². The van der Waals surface area contributed by atoms with E-state index in [-0.39, 0.29) is 0 Å². The van der Waals surface area contributed by atoms with Crippen LogP contribution in [0.1, 0.15) is 62.6 Å². The summed E-state index contributed by atoms with van der Waals surface area (Å²) < 4.78 is 0. The number of fused-ring (bicyclic) bond motifs is 1. The molecule has 2 rings (SSSR count). The minimum Gasteiger partial charge on any atom is -0.0622 e. The Morgan fingerprint density at radius 2 is 1.87 bits per heavy atom. The van der Waals surface area contributed by atoms with Crippen LogP contribution in [0.2, 0.25) is 0 Å². The van der Waals surface area contributed by atoms with Crippen LogP contribution in [0.5, 0.6) is 0 Å². The molecule has 0 fully saturated rings. The van der Waals surface area contributed by atoms with Crippen molar-refractivity contribution in [1.29, 1.82) is 0 Å². The zero-order valence-corrected chi connectivity index (χ0v) is 10.4. The molecule has 1 aliphatic carbocycles. The van der Waals surface area contributed by atoms with Crippen molar-refractivity contribution in [3.63, 3.8) is 0 Å². The zero-order chi connectivity index (χ0) is 11.0. The van der Waals surface area contributed by atoms with Crippen molar-refractivity contribution in [3.8, 4) is 0 Å². The van der Waals surface area contributed by atoms with E-state index in [1.54, 1.807) is 11.1 Å². The standard InChI is InChI=1S/C15H22/c1-10(2)12-5-8-15-13(9-12)6-7-14(15)11(3)4/h5,8-11,14H,6-7H2,1-4H3. The lowest BCUT2D eigenvalue weighted by Gasteiger charge is -2.16. The minimum absolute atomic E-state index is 0.661. The molecular weight excluding hydrogens is 180 g/mol. The average Bonchev–Trinajstić information content (AvgIpc) is 2.59. The summed E-state index contributed by atoms with van der Waals surface area (Å²) in [5, 5.41) is 0. The van der Waals surface area contributed by atoms with Crippen LogP contribution in [0.3, 0.4) is 0 Å². The SMILES string of the molecule is CC(C)c1ccc2c(c1)CCC2C(C)C. The maximum absolute atomic E-state index is 2.43. The highest BCUT2D eigenvalue weighted by atomic mass is 14.3. The Kier molecular flexibility index (Phi) is 2.86. The second-order valence-electron chi connectivity index (χ2n) is 5.50. The molecular formula is C15H22. The molecule has 82 valence electrons. The molecule has 15 heavy (non-hydrogen) atoms. The van der Waals surface area contributed by atoms with E-state index in [4.69, 9.17) is 0 Å². The van der Waals surface area contributed by atoms with E-state index in [1.807, 2.05) is 0 Å². The van der Waals surface area contributed by atoms with Crippen molar-refractivity contribution in [2.45, 2.75) is 52.4 Å². The molecule has 0 spiro atoms. The quantitative estimate of drug-likeness (QED) is 0.662. The van der Waals surface area contributed by atoms with Gasteiger partial charge in [-0.25, -0.2) is 0 Å². The van der Waals surface area contributed by atoms with E-state index in [9.17, 15) is 0 Å². The van der Waals surface area contributed by atoms with Gasteiger partial charge in [-0.2, -0.15) is 0 Å². The fourth-order valence-electron chi connectivity index (χ4n) is 2.72. The summed E-state index contributed by atoms with van der Waals surface area (Å²) in [7, 11) is 0. The fourth-order valence-corrected chi connectivity index (χ4v) is 2.72. The Bertz CT molecular complexity index is 347. The molecule has 1 unspecified atom stereocenters. The second-order valence-corrected chi connectivity index (χ2v) is 5.50. The van der Waals surface area contributed by atoms with Gasteiger partial charge in [0.2, 0.25) is 0 Å². The smallest absolute Gasteiger partial charge is 0.0133 e. The molecule has 1 atom stereocenters. The molecule has 1 aromatic carbocycles. The molecule has 0 aliphatic heterocycles. The van der Waals surface area contributed by atoms with Gasteiger partial charge in [0.05, 0.1) is 0 Å². The van der Waals surface area contributed by atoms with Crippen LogP contribution in [-0.4, -0.2) is 0 Å². The Balaban J connectivity index is 2.33. The lowest BCUT2D eigenvalue weighted by molar-refractivity contribution is 0.496. The number of benzene rings is 1. The lowest BCUT2D eigenvalue weighted by Crippen LogP contribution is -2.02. The summed E-state index contributed by atoms with van der Waals surface area (Å²) in [5.41, 5.74) is 4.73. The van der Waals surface area contributed by atoms with Gasteiger partial charge in [0.25, 0.3) is 0 Å². The summed E-state index contributed by atoms with van der Waals surface area (Å²) in [6.07, 6.45) is 2.65. The minimum atomic E-state index is 0.661. The van der Waals surface area contributed by atoms with Crippen LogP contribution in [-0.2, 0) is 6.42 Å². The van der Waals surface area contributed by atoms with Crippen molar-refractivity contribution in [2.24, 2.45) is 5.92 Å². The number of hydrogen-bond donors (Lipinski definition) is 0. The predicted molar refractivity (Wildman–Crippen MR) is 66.4 cm³/mol. The first-order chi connectivity index (χ1) is 7.09. The van der Waals surface area contributed by atoms with Crippen LogP contribution in [0.15, 0.2) is 18.2 Å². The Morgan fingerprint density at radius 1 is 1.13 bits per heavy atom. The van der Waals surface area contributed by atoms with Crippen LogP contribution in [0.25, 0.3) is 0 Å². The van der Waals surface area contributed by atoms with Gasteiger partial charge < -0.3 is 0 Å². The van der Waals surface area contributed by atoms with Gasteiger partial charge in [-0.1, -0.05) is 45.9 Å². The maximum atomic E-state index is 2.43. The fraction of sp³-hybridized carbons (Fsp3) is 0.600. The predicted octanol–water partition coefficient (Wildman–Crippen LogP) is 4.50. The van der Waals surface area contributed by atoms with E-state index in [0.717, 1.165) is 11.8 Å². The summed E-state index contributed by atoms with van der Waals surface area (Å²) in [5.74, 6) is 2.26. The summed E-state index contributed by atoms with van der Waals surface area (Å²) in [6, 6.07) is 7.13. The van der Waals surface area contributed by atoms with Crippen molar-refractivity contribution < 1.29 is 0 Å². The van der Waals surface area contributed by atoms with E-state index in [1.165, 1.54) is 18.4 Å². The van der Waals surface area contributed by atoms with Crippen LogP contribution in [0, 0.1) is 5.92 Å². The van der Waals surface area contributed by atoms with Gasteiger partial charge in [-0.3, -0.25) is 0 Å². The van der Waals surface area contributed by atoms with Crippen molar-refractivity contribution >= 4 is 0 Å². The average molecular weight is 202 g/mol. The zero-order valence-electron chi connectivity index (χ0n) is 10.4. The van der Waals surface area contributed by atoms with E-state index < -0.39 is 0 Å². The number of aryl methyl sites for hydroxylation is 1. The molecule has 0 nitrogen and oxygen atoms in total. The Hall–Kier alpha value is -0.780. The summed E-state index contributed by atoms with van der Waals surface area (Å²) >= 11 is 0. The highest BCUT2D eigenvalue weighted by Gasteiger charge is 2.24. The van der Waals surface area contributed by atoms with Gasteiger partial charge in [0.15, 0.2) is 0 Å². The molecule has 0 amide bonds. The van der Waals surface area contributed by atoms with Crippen molar-refractivity contribution in [3.05, 3.63) is 34.9 Å². The van der Waals surface area contributed by atoms with Gasteiger partial charge in [0.1, 0.15) is 0 Å². The number of hydrogen-bond acceptors (Lipinski definition) is 0. The van der Waals surface area contributed by atoms with Crippen molar-refractivity contribution in [2.75, 3.05) is 0 Å². The second kappa shape index (κ2) is 4.00. The first kappa shape index (κ1) is 10.7. The molecule has 0 N–H and O–H groups in total. The maximum Gasteiger partial charge on any atom is -0.0133 e. The molecule has 0 bridgehead atoms. The lowest BCUT2D eigenvalue weighted by atomic mass is 9.89. The highest BCUT2D eigenvalue weighted by molar-refractivity contribution is 5.39. The summed E-state index contributed by atoms with van der Waals surface area (Å²) in [4.78, 5) is 0. The molecule has 0 heterocycles. The van der Waals surface area contributed by atoms with Gasteiger partial charge in [0, 0.05) is 0 Å². The van der Waals surface area contributed by atoms with E-state index >= 15 is 0 Å². The Morgan fingerprint density at radius 3 is 2.47 bits per heavy atom. The van der Waals surface area contributed by atoms with Crippen molar-refractivity contribution in [1.82, 2.24) is 0 Å². The monoisotopic (exact) mass is 202 g/mol. The largest absolute Gasteiger partial charge is 0.0622 e. The molecule has 0 aromatic heterocycles. The topological polar surface area (TPSA) is 0 Å². The van der Waals surface area contributed by atoms with Gasteiger partial charge >= 0.3 is 0 Å². The normalized spacial score (nSPS) is 20.0. The van der Waals surface area contributed by atoms with E-state index in [0.29, 0.717) is 5.92 Å². The molecule has 0 saturated heterocycles.